The second kappa shape index (κ2) is 8.84. The maximum Gasteiger partial charge on any atom is 0.387 e. The molecule has 0 bridgehead atoms. The van der Waals surface area contributed by atoms with Crippen LogP contribution in [0.4, 0.5) is 17.6 Å². The molecule has 0 saturated heterocycles. The highest BCUT2D eigenvalue weighted by molar-refractivity contribution is 5.27. The Hall–Kier alpha value is -1.34. The van der Waals surface area contributed by atoms with Crippen LogP contribution in [-0.4, -0.2) is 36.8 Å². The van der Waals surface area contributed by atoms with Crippen molar-refractivity contribution in [3.8, 4) is 5.75 Å². The summed E-state index contributed by atoms with van der Waals surface area (Å²) in [6.45, 7) is -1.19. The first-order valence-electron chi connectivity index (χ1n) is 6.62. The van der Waals surface area contributed by atoms with Gasteiger partial charge in [-0.2, -0.15) is 8.78 Å². The number of aliphatic hydroxyl groups excluding tert-OH is 1. The van der Waals surface area contributed by atoms with E-state index in [0.717, 1.165) is 5.56 Å². The molecule has 1 aromatic rings. The van der Waals surface area contributed by atoms with E-state index in [0.29, 0.717) is 12.8 Å². The molecule has 0 aliphatic carbocycles. The van der Waals surface area contributed by atoms with Gasteiger partial charge in [-0.05, 0) is 37.5 Å². The molecule has 0 fully saturated rings. The van der Waals surface area contributed by atoms with Crippen LogP contribution in [0.5, 0.6) is 5.75 Å². The second-order valence-corrected chi connectivity index (χ2v) is 4.77. The molecule has 0 saturated carbocycles. The molecular formula is C14H19F4NO2. The molecule has 0 spiro atoms. The molecule has 2 atom stereocenters. The predicted octanol–water partition coefficient (Wildman–Crippen LogP) is 2.82. The third-order valence-electron chi connectivity index (χ3n) is 2.98. The van der Waals surface area contributed by atoms with Gasteiger partial charge in [0.05, 0.1) is 0 Å². The quantitative estimate of drug-likeness (QED) is 0.689. The van der Waals surface area contributed by atoms with Crippen LogP contribution in [-0.2, 0) is 6.42 Å². The van der Waals surface area contributed by atoms with Crippen molar-refractivity contribution >= 4 is 0 Å². The average molecular weight is 309 g/mol. The van der Waals surface area contributed by atoms with Gasteiger partial charge in [0.2, 0.25) is 0 Å². The third-order valence-corrected chi connectivity index (χ3v) is 2.98. The van der Waals surface area contributed by atoms with Crippen LogP contribution >= 0.6 is 0 Å². The summed E-state index contributed by atoms with van der Waals surface area (Å²) in [4.78, 5) is 0. The van der Waals surface area contributed by atoms with Crippen molar-refractivity contribution in [2.24, 2.45) is 0 Å². The Morgan fingerprint density at radius 2 is 1.76 bits per heavy atom. The Kier molecular flexibility index (Phi) is 7.45. The van der Waals surface area contributed by atoms with Gasteiger partial charge in [0, 0.05) is 12.6 Å². The molecule has 21 heavy (non-hydrogen) atoms. The molecule has 0 heterocycles. The van der Waals surface area contributed by atoms with Crippen molar-refractivity contribution in [3.63, 3.8) is 0 Å². The van der Waals surface area contributed by atoms with Crippen molar-refractivity contribution in [1.82, 2.24) is 5.32 Å². The number of hydrogen-bond acceptors (Lipinski definition) is 3. The summed E-state index contributed by atoms with van der Waals surface area (Å²) in [6.07, 6.45) is -3.09. The first-order valence-corrected chi connectivity index (χ1v) is 6.62. The standard InChI is InChI=1S/C14H19F4NO2/c1-9(19-8-12(20)13(15)16)2-3-10-4-6-11(7-5-10)21-14(17)18/h4-7,9,12-14,19-20H,2-3,8H2,1H3. The smallest absolute Gasteiger partial charge is 0.387 e. The molecule has 0 radical (unpaired) electrons. The minimum absolute atomic E-state index is 0.0459. The van der Waals surface area contributed by atoms with Crippen LogP contribution in [0.3, 0.4) is 0 Å². The van der Waals surface area contributed by atoms with E-state index in [-0.39, 0.29) is 18.3 Å². The Morgan fingerprint density at radius 1 is 1.14 bits per heavy atom. The van der Waals surface area contributed by atoms with Gasteiger partial charge in [-0.1, -0.05) is 12.1 Å². The highest BCUT2D eigenvalue weighted by Gasteiger charge is 2.17. The monoisotopic (exact) mass is 309 g/mol. The zero-order valence-corrected chi connectivity index (χ0v) is 11.6. The highest BCUT2D eigenvalue weighted by atomic mass is 19.3. The van der Waals surface area contributed by atoms with Gasteiger partial charge in [0.1, 0.15) is 11.9 Å². The third kappa shape index (κ3) is 7.29. The summed E-state index contributed by atoms with van der Waals surface area (Å²) < 4.78 is 52.4. The number of alkyl halides is 4. The number of aliphatic hydroxyl groups is 1. The zero-order valence-electron chi connectivity index (χ0n) is 11.6. The maximum absolute atomic E-state index is 12.1. The summed E-state index contributed by atoms with van der Waals surface area (Å²) in [5.41, 5.74) is 0.930. The van der Waals surface area contributed by atoms with E-state index in [1.807, 2.05) is 6.92 Å². The fraction of sp³-hybridized carbons (Fsp3) is 0.571. The van der Waals surface area contributed by atoms with E-state index in [2.05, 4.69) is 10.1 Å². The lowest BCUT2D eigenvalue weighted by molar-refractivity contribution is -0.0498. The Balaban J connectivity index is 2.31. The van der Waals surface area contributed by atoms with E-state index in [1.165, 1.54) is 12.1 Å². The number of nitrogens with one attached hydrogen (secondary N) is 1. The van der Waals surface area contributed by atoms with Crippen LogP contribution in [0.15, 0.2) is 24.3 Å². The van der Waals surface area contributed by atoms with Crippen molar-refractivity contribution in [2.45, 2.75) is 44.9 Å². The first-order chi connectivity index (χ1) is 9.88. The van der Waals surface area contributed by atoms with Crippen molar-refractivity contribution in [2.75, 3.05) is 6.54 Å². The summed E-state index contributed by atoms with van der Waals surface area (Å²) in [7, 11) is 0. The molecule has 2 N–H and O–H groups in total. The zero-order chi connectivity index (χ0) is 15.8. The van der Waals surface area contributed by atoms with Crippen LogP contribution in [0, 0.1) is 0 Å². The van der Waals surface area contributed by atoms with E-state index >= 15 is 0 Å². The Morgan fingerprint density at radius 3 is 2.29 bits per heavy atom. The highest BCUT2D eigenvalue weighted by Crippen LogP contribution is 2.16. The molecule has 0 amide bonds. The predicted molar refractivity (Wildman–Crippen MR) is 70.9 cm³/mol. The fourth-order valence-electron chi connectivity index (χ4n) is 1.73. The summed E-state index contributed by atoms with van der Waals surface area (Å²) in [6, 6.07) is 6.23. The normalized spacial score (nSPS) is 14.5. The summed E-state index contributed by atoms with van der Waals surface area (Å²) >= 11 is 0. The lowest BCUT2D eigenvalue weighted by Crippen LogP contribution is -2.37. The fourth-order valence-corrected chi connectivity index (χ4v) is 1.73. The Bertz CT molecular complexity index is 400. The topological polar surface area (TPSA) is 41.5 Å². The largest absolute Gasteiger partial charge is 0.435 e. The van der Waals surface area contributed by atoms with Gasteiger partial charge >= 0.3 is 6.61 Å². The number of benzene rings is 1. The number of ether oxygens (including phenoxy) is 1. The molecule has 7 heteroatoms. The molecule has 1 aromatic carbocycles. The minimum Gasteiger partial charge on any atom is -0.435 e. The Labute approximate surface area is 120 Å². The molecule has 0 aliphatic rings. The molecule has 0 aromatic heterocycles. The lowest BCUT2D eigenvalue weighted by atomic mass is 10.1. The maximum atomic E-state index is 12.1. The number of hydrogen-bond donors (Lipinski definition) is 2. The van der Waals surface area contributed by atoms with Crippen molar-refractivity contribution in [3.05, 3.63) is 29.8 Å². The van der Waals surface area contributed by atoms with E-state index < -0.39 is 19.1 Å². The van der Waals surface area contributed by atoms with Crippen LogP contribution in [0.2, 0.25) is 0 Å². The van der Waals surface area contributed by atoms with E-state index in [9.17, 15) is 17.6 Å². The lowest BCUT2D eigenvalue weighted by Gasteiger charge is -2.16. The average Bonchev–Trinajstić information content (AvgIpc) is 2.43. The number of rotatable bonds is 9. The summed E-state index contributed by atoms with van der Waals surface area (Å²) in [5.74, 6) is 0.0972. The molecule has 0 aliphatic heterocycles. The van der Waals surface area contributed by atoms with Gasteiger partial charge in [-0.15, -0.1) is 0 Å². The van der Waals surface area contributed by atoms with Crippen LogP contribution in [0.1, 0.15) is 18.9 Å². The second-order valence-electron chi connectivity index (χ2n) is 4.77. The molecule has 2 unspecified atom stereocenters. The van der Waals surface area contributed by atoms with Gasteiger partial charge < -0.3 is 15.2 Å². The molecule has 3 nitrogen and oxygen atoms in total. The van der Waals surface area contributed by atoms with Gasteiger partial charge in [-0.3, -0.25) is 0 Å². The van der Waals surface area contributed by atoms with Crippen LogP contribution in [0.25, 0.3) is 0 Å². The van der Waals surface area contributed by atoms with E-state index in [1.54, 1.807) is 12.1 Å². The molecule has 120 valence electrons. The number of aryl methyl sites for hydroxylation is 1. The SMILES string of the molecule is CC(CCc1ccc(OC(F)F)cc1)NCC(O)C(F)F. The minimum atomic E-state index is -2.85. The van der Waals surface area contributed by atoms with Crippen molar-refractivity contribution in [1.29, 1.82) is 0 Å². The summed E-state index contributed by atoms with van der Waals surface area (Å²) in [5, 5.41) is 11.8. The van der Waals surface area contributed by atoms with Crippen LogP contribution < -0.4 is 10.1 Å². The first kappa shape index (κ1) is 17.7. The number of halogens is 4. The van der Waals surface area contributed by atoms with E-state index in [4.69, 9.17) is 5.11 Å². The molecule has 1 rings (SSSR count). The van der Waals surface area contributed by atoms with Gasteiger partial charge in [-0.25, -0.2) is 8.78 Å². The van der Waals surface area contributed by atoms with Gasteiger partial charge in [0.15, 0.2) is 0 Å². The van der Waals surface area contributed by atoms with Gasteiger partial charge in [0.25, 0.3) is 6.43 Å². The molecular weight excluding hydrogens is 290 g/mol. The van der Waals surface area contributed by atoms with Crippen molar-refractivity contribution < 1.29 is 27.4 Å².